The number of carbonyl (C=O) groups excluding carboxylic acids is 1. The summed E-state index contributed by atoms with van der Waals surface area (Å²) >= 11 is 0. The number of nitrogens with zero attached hydrogens (tertiary/aromatic N) is 4. The lowest BCUT2D eigenvalue weighted by atomic mass is 9.87. The molecule has 0 atom stereocenters. The summed E-state index contributed by atoms with van der Waals surface area (Å²) in [6, 6.07) is 13.3. The predicted octanol–water partition coefficient (Wildman–Crippen LogP) is 6.98. The molecule has 5 aromatic heterocycles. The number of pyridine rings is 3. The van der Waals surface area contributed by atoms with E-state index >= 15 is 0 Å². The van der Waals surface area contributed by atoms with Gasteiger partial charge in [0.2, 0.25) is 5.91 Å². The molecule has 1 amide bonds. The average Bonchev–Trinajstić information content (AvgIpc) is 3.61. The number of anilines is 1. The molecule has 7 rings (SSSR count). The number of carbonyl (C=O) groups is 1. The molecule has 4 N–H and O–H groups in total. The minimum Gasteiger partial charge on any atom is -0.508 e. The van der Waals surface area contributed by atoms with Crippen LogP contribution < -0.4 is 5.32 Å². The first-order valence-corrected chi connectivity index (χ1v) is 14.1. The van der Waals surface area contributed by atoms with Crippen molar-refractivity contribution in [2.45, 2.75) is 38.5 Å². The fraction of sp³-hybridized carbons (Fsp3) is 0.219. The number of aromatic nitrogens is 6. The molecule has 1 aliphatic carbocycles. The Morgan fingerprint density at radius 2 is 1.86 bits per heavy atom. The molecule has 1 aliphatic rings. The molecular weight excluding hydrogens is 533 g/mol. The molecule has 6 aromatic rings. The number of halogens is 1. The third-order valence-corrected chi connectivity index (χ3v) is 7.88. The summed E-state index contributed by atoms with van der Waals surface area (Å²) in [7, 11) is 0. The topological polar surface area (TPSA) is 132 Å². The maximum atomic E-state index is 14.0. The number of H-pyrrole nitrogens is 2. The van der Waals surface area contributed by atoms with Crippen molar-refractivity contribution in [3.63, 3.8) is 0 Å². The van der Waals surface area contributed by atoms with Gasteiger partial charge in [-0.3, -0.25) is 19.9 Å². The van der Waals surface area contributed by atoms with Crippen LogP contribution in [0.15, 0.2) is 67.1 Å². The molecule has 9 nitrogen and oxygen atoms in total. The maximum absolute atomic E-state index is 14.0. The van der Waals surface area contributed by atoms with E-state index in [0.29, 0.717) is 51.9 Å². The van der Waals surface area contributed by atoms with E-state index in [9.17, 15) is 14.3 Å². The van der Waals surface area contributed by atoms with Crippen molar-refractivity contribution in [3.8, 4) is 39.7 Å². The highest BCUT2D eigenvalue weighted by Crippen LogP contribution is 2.34. The van der Waals surface area contributed by atoms with Crippen molar-refractivity contribution in [1.29, 1.82) is 0 Å². The minimum absolute atomic E-state index is 0.0162. The second kappa shape index (κ2) is 10.7. The Morgan fingerprint density at radius 3 is 2.71 bits per heavy atom. The first-order valence-electron chi connectivity index (χ1n) is 14.1. The second-order valence-electron chi connectivity index (χ2n) is 10.9. The Hall–Kier alpha value is -5.12. The third-order valence-electron chi connectivity index (χ3n) is 7.88. The average molecular weight is 562 g/mol. The van der Waals surface area contributed by atoms with Gasteiger partial charge in [0.15, 0.2) is 0 Å². The lowest BCUT2D eigenvalue weighted by Gasteiger charge is -2.20. The van der Waals surface area contributed by atoms with Crippen LogP contribution in [0.5, 0.6) is 5.75 Å². The highest BCUT2D eigenvalue weighted by atomic mass is 19.1. The van der Waals surface area contributed by atoms with Crippen LogP contribution in [-0.4, -0.2) is 41.1 Å². The molecule has 0 bridgehead atoms. The van der Waals surface area contributed by atoms with Gasteiger partial charge in [0.25, 0.3) is 0 Å². The number of aromatic amines is 2. The molecule has 1 saturated carbocycles. The molecule has 210 valence electrons. The van der Waals surface area contributed by atoms with Gasteiger partial charge in [-0.15, -0.1) is 0 Å². The number of rotatable bonds is 6. The van der Waals surface area contributed by atoms with Crippen LogP contribution in [-0.2, 0) is 4.79 Å². The van der Waals surface area contributed by atoms with Crippen LogP contribution in [0.4, 0.5) is 10.1 Å². The summed E-state index contributed by atoms with van der Waals surface area (Å²) in [5.74, 6) is -0.243. The third kappa shape index (κ3) is 5.07. The van der Waals surface area contributed by atoms with Crippen molar-refractivity contribution in [1.82, 2.24) is 30.1 Å². The van der Waals surface area contributed by atoms with E-state index in [0.717, 1.165) is 40.9 Å². The smallest absolute Gasteiger partial charge is 0.224 e. The number of aromatic hydroxyl groups is 1. The van der Waals surface area contributed by atoms with Gasteiger partial charge in [0.05, 0.1) is 34.5 Å². The molecule has 0 saturated heterocycles. The van der Waals surface area contributed by atoms with Crippen molar-refractivity contribution >= 4 is 33.5 Å². The zero-order valence-electron chi connectivity index (χ0n) is 22.7. The summed E-state index contributed by atoms with van der Waals surface area (Å²) < 4.78 is 14.0. The molecule has 5 heterocycles. The number of amides is 1. The van der Waals surface area contributed by atoms with E-state index in [-0.39, 0.29) is 11.7 Å². The van der Waals surface area contributed by atoms with E-state index in [4.69, 9.17) is 4.98 Å². The van der Waals surface area contributed by atoms with Gasteiger partial charge in [-0.1, -0.05) is 19.3 Å². The summed E-state index contributed by atoms with van der Waals surface area (Å²) in [5, 5.41) is 21.3. The van der Waals surface area contributed by atoms with Crippen LogP contribution in [0.3, 0.4) is 0 Å². The maximum Gasteiger partial charge on any atom is 0.224 e. The number of fused-ring (bicyclic) bond motifs is 2. The van der Waals surface area contributed by atoms with Crippen molar-refractivity contribution in [2.75, 3.05) is 5.32 Å². The summed E-state index contributed by atoms with van der Waals surface area (Å²) in [5.41, 5.74) is 6.62. The lowest BCUT2D eigenvalue weighted by Crippen LogP contribution is -2.18. The van der Waals surface area contributed by atoms with Gasteiger partial charge in [0, 0.05) is 46.9 Å². The van der Waals surface area contributed by atoms with Crippen LogP contribution in [0.2, 0.25) is 0 Å². The number of nitrogens with one attached hydrogen (secondary N) is 3. The number of phenols is 1. The van der Waals surface area contributed by atoms with Gasteiger partial charge in [0.1, 0.15) is 22.8 Å². The van der Waals surface area contributed by atoms with E-state index in [2.05, 4.69) is 30.5 Å². The van der Waals surface area contributed by atoms with Crippen molar-refractivity contribution in [2.24, 2.45) is 5.92 Å². The summed E-state index contributed by atoms with van der Waals surface area (Å²) in [6.07, 6.45) is 11.4. The monoisotopic (exact) mass is 561 g/mol. The Kier molecular flexibility index (Phi) is 6.58. The molecule has 0 unspecified atom stereocenters. The number of hydrogen-bond donors (Lipinski definition) is 4. The van der Waals surface area contributed by atoms with Gasteiger partial charge in [-0.05, 0) is 61.2 Å². The quantitative estimate of drug-likeness (QED) is 0.173. The molecule has 0 spiro atoms. The van der Waals surface area contributed by atoms with E-state index < -0.39 is 5.82 Å². The van der Waals surface area contributed by atoms with Gasteiger partial charge in [-0.2, -0.15) is 5.10 Å². The fourth-order valence-corrected chi connectivity index (χ4v) is 5.88. The zero-order valence-corrected chi connectivity index (χ0v) is 22.7. The number of benzene rings is 1. The lowest BCUT2D eigenvalue weighted by molar-refractivity contribution is -0.117. The minimum atomic E-state index is -0.545. The second-order valence-corrected chi connectivity index (χ2v) is 10.9. The van der Waals surface area contributed by atoms with Crippen LogP contribution in [0, 0.1) is 11.7 Å². The van der Waals surface area contributed by atoms with Crippen LogP contribution in [0.1, 0.15) is 38.5 Å². The van der Waals surface area contributed by atoms with Crippen molar-refractivity contribution < 1.29 is 14.3 Å². The SMILES string of the molecule is O=C(CC1CCCCC1)Nc1cncc(-c2ccc3[nH]nc(-c4cc5c(-c6cc(O)cc(F)c6)nccc5[nH]4)c3n2)c1. The first-order chi connectivity index (χ1) is 20.5. The predicted molar refractivity (Wildman–Crippen MR) is 159 cm³/mol. The van der Waals surface area contributed by atoms with Gasteiger partial charge >= 0.3 is 0 Å². The Labute approximate surface area is 240 Å². The van der Waals surface area contributed by atoms with Crippen molar-refractivity contribution in [3.05, 3.63) is 72.9 Å². The molecule has 0 radical (unpaired) electrons. The molecule has 42 heavy (non-hydrogen) atoms. The normalized spacial score (nSPS) is 14.0. The Bertz CT molecular complexity index is 1920. The molecule has 1 fully saturated rings. The summed E-state index contributed by atoms with van der Waals surface area (Å²) in [6.45, 7) is 0. The van der Waals surface area contributed by atoms with Crippen LogP contribution in [0.25, 0.3) is 55.8 Å². The number of hydrogen-bond acceptors (Lipinski definition) is 6. The molecule has 10 heteroatoms. The standard InChI is InChI=1S/C32H28FN7O2/c33-21-11-19(13-23(41)14-21)30-24-15-28(37-26(24)8-9-35-30)32-31-27(39-40-32)7-6-25(38-31)20-12-22(17-34-16-20)36-29(42)10-18-4-2-1-3-5-18/h6-9,11-18,37,41H,1-5,10H2,(H,36,42)(H,39,40). The fourth-order valence-electron chi connectivity index (χ4n) is 5.88. The van der Waals surface area contributed by atoms with E-state index in [1.807, 2.05) is 30.3 Å². The van der Waals surface area contributed by atoms with Gasteiger partial charge < -0.3 is 15.4 Å². The highest BCUT2D eigenvalue weighted by Gasteiger charge is 2.19. The summed E-state index contributed by atoms with van der Waals surface area (Å²) in [4.78, 5) is 29.8. The molecule has 0 aliphatic heterocycles. The zero-order chi connectivity index (χ0) is 28.6. The molecular formula is C32H28FN7O2. The van der Waals surface area contributed by atoms with E-state index in [1.165, 1.54) is 31.4 Å². The van der Waals surface area contributed by atoms with Crippen LogP contribution >= 0.6 is 0 Å². The first kappa shape index (κ1) is 25.8. The Morgan fingerprint density at radius 1 is 0.976 bits per heavy atom. The highest BCUT2D eigenvalue weighted by molar-refractivity contribution is 5.99. The van der Waals surface area contributed by atoms with E-state index in [1.54, 1.807) is 18.6 Å². The molecule has 1 aromatic carbocycles. The number of phenolic OH excluding ortho intramolecular Hbond substituents is 1. The van der Waals surface area contributed by atoms with Gasteiger partial charge in [-0.25, -0.2) is 9.37 Å². The Balaban J connectivity index is 1.20. The largest absolute Gasteiger partial charge is 0.508 e.